The highest BCUT2D eigenvalue weighted by atomic mass is 32.2. The third-order valence-corrected chi connectivity index (χ3v) is 4.97. The maximum absolute atomic E-state index is 11.7. The summed E-state index contributed by atoms with van der Waals surface area (Å²) >= 11 is 6.25. The molecule has 0 radical (unpaired) electrons. The zero-order chi connectivity index (χ0) is 19.8. The van der Waals surface area contributed by atoms with Gasteiger partial charge in [0.15, 0.2) is 0 Å². The molecule has 146 valence electrons. The van der Waals surface area contributed by atoms with E-state index in [0.29, 0.717) is 35.7 Å². The van der Waals surface area contributed by atoms with E-state index in [9.17, 15) is 4.79 Å². The first-order valence-electron chi connectivity index (χ1n) is 8.85. The van der Waals surface area contributed by atoms with Crippen molar-refractivity contribution in [2.24, 2.45) is 0 Å². The third-order valence-electron chi connectivity index (χ3n) is 3.81. The predicted octanol–water partition coefficient (Wildman–Crippen LogP) is 3.96. The SMILES string of the molecule is Cc1ccc(OCCOCCOc2cccc(C=C3SC(=S)NC3=O)c2)cc1. The first-order chi connectivity index (χ1) is 13.6. The van der Waals surface area contributed by atoms with Gasteiger partial charge in [-0.15, -0.1) is 0 Å². The molecule has 28 heavy (non-hydrogen) atoms. The Balaban J connectivity index is 1.36. The lowest BCUT2D eigenvalue weighted by Gasteiger charge is -2.09. The zero-order valence-corrected chi connectivity index (χ0v) is 17.1. The van der Waals surface area contributed by atoms with Crippen molar-refractivity contribution < 1.29 is 19.0 Å². The van der Waals surface area contributed by atoms with E-state index >= 15 is 0 Å². The standard InChI is InChI=1S/C21H21NO4S2/c1-15-5-7-17(8-6-15)25-11-9-24-10-12-26-18-4-2-3-16(13-18)14-19-20(23)22-21(27)28-19/h2-8,13-14H,9-12H2,1H3,(H,22,23,27). The quantitative estimate of drug-likeness (QED) is 0.380. The molecule has 1 saturated heterocycles. The Morgan fingerprint density at radius 3 is 2.39 bits per heavy atom. The number of hydrogen-bond acceptors (Lipinski definition) is 6. The van der Waals surface area contributed by atoms with Crippen LogP contribution in [-0.2, 0) is 9.53 Å². The summed E-state index contributed by atoms with van der Waals surface area (Å²) < 4.78 is 17.3. The van der Waals surface area contributed by atoms with E-state index in [1.165, 1.54) is 17.3 Å². The number of thiocarbonyl (C=S) groups is 1. The number of rotatable bonds is 9. The van der Waals surface area contributed by atoms with Gasteiger partial charge in [0.05, 0.1) is 18.1 Å². The summed E-state index contributed by atoms with van der Waals surface area (Å²) in [5.74, 6) is 1.40. The van der Waals surface area contributed by atoms with Crippen LogP contribution in [0.25, 0.3) is 6.08 Å². The summed E-state index contributed by atoms with van der Waals surface area (Å²) in [5, 5.41) is 2.60. The molecule has 1 aliphatic heterocycles. The highest BCUT2D eigenvalue weighted by Gasteiger charge is 2.21. The molecule has 1 heterocycles. The summed E-state index contributed by atoms with van der Waals surface area (Å²) in [4.78, 5) is 12.3. The Labute approximate surface area is 174 Å². The fourth-order valence-electron chi connectivity index (χ4n) is 2.44. The van der Waals surface area contributed by atoms with Crippen LogP contribution in [0.15, 0.2) is 53.4 Å². The molecule has 0 bridgehead atoms. The minimum absolute atomic E-state index is 0.164. The summed E-state index contributed by atoms with van der Waals surface area (Å²) in [7, 11) is 0. The van der Waals surface area contributed by atoms with E-state index < -0.39 is 0 Å². The Bertz CT molecular complexity index is 865. The number of thioether (sulfide) groups is 1. The normalized spacial score (nSPS) is 15.0. The van der Waals surface area contributed by atoms with E-state index in [1.54, 1.807) is 6.08 Å². The molecule has 0 spiro atoms. The summed E-state index contributed by atoms with van der Waals surface area (Å²) in [5.41, 5.74) is 2.09. The molecule has 0 aliphatic carbocycles. The van der Waals surface area contributed by atoms with Crippen LogP contribution in [0.1, 0.15) is 11.1 Å². The van der Waals surface area contributed by atoms with Crippen molar-refractivity contribution in [2.75, 3.05) is 26.4 Å². The van der Waals surface area contributed by atoms with Crippen molar-refractivity contribution in [3.63, 3.8) is 0 Å². The molecule has 0 aromatic heterocycles. The summed E-state index contributed by atoms with van der Waals surface area (Å²) in [6, 6.07) is 15.5. The van der Waals surface area contributed by atoms with Crippen molar-refractivity contribution in [3.05, 3.63) is 64.6 Å². The molecule has 0 saturated carbocycles. The second-order valence-corrected chi connectivity index (χ2v) is 7.77. The van der Waals surface area contributed by atoms with Crippen LogP contribution in [0.4, 0.5) is 0 Å². The summed E-state index contributed by atoms with van der Waals surface area (Å²) in [6.45, 7) is 3.93. The van der Waals surface area contributed by atoms with E-state index in [4.69, 9.17) is 26.4 Å². The van der Waals surface area contributed by atoms with Crippen molar-refractivity contribution in [2.45, 2.75) is 6.92 Å². The number of carbonyl (C=O) groups excluding carboxylic acids is 1. The molecule has 1 fully saturated rings. The fourth-order valence-corrected chi connectivity index (χ4v) is 3.48. The van der Waals surface area contributed by atoms with E-state index in [2.05, 4.69) is 5.32 Å². The van der Waals surface area contributed by atoms with Crippen molar-refractivity contribution in [3.8, 4) is 11.5 Å². The minimum atomic E-state index is -0.164. The van der Waals surface area contributed by atoms with Gasteiger partial charge >= 0.3 is 0 Å². The highest BCUT2D eigenvalue weighted by molar-refractivity contribution is 8.26. The smallest absolute Gasteiger partial charge is 0.263 e. The second-order valence-electron chi connectivity index (χ2n) is 6.05. The van der Waals surface area contributed by atoms with Crippen LogP contribution in [0.2, 0.25) is 0 Å². The van der Waals surface area contributed by atoms with Crippen LogP contribution in [0, 0.1) is 6.92 Å². The Kier molecular flexibility index (Phi) is 7.47. The second kappa shape index (κ2) is 10.3. The van der Waals surface area contributed by atoms with Gasteiger partial charge in [0, 0.05) is 0 Å². The van der Waals surface area contributed by atoms with Gasteiger partial charge < -0.3 is 19.5 Å². The van der Waals surface area contributed by atoms with Crippen LogP contribution in [-0.4, -0.2) is 36.7 Å². The van der Waals surface area contributed by atoms with Crippen molar-refractivity contribution in [1.82, 2.24) is 5.32 Å². The molecular formula is C21H21NO4S2. The van der Waals surface area contributed by atoms with E-state index in [0.717, 1.165) is 17.1 Å². The van der Waals surface area contributed by atoms with E-state index in [1.807, 2.05) is 55.5 Å². The van der Waals surface area contributed by atoms with Crippen LogP contribution in [0.5, 0.6) is 11.5 Å². The van der Waals surface area contributed by atoms with Crippen LogP contribution in [0.3, 0.4) is 0 Å². The fraction of sp³-hybridized carbons (Fsp3) is 0.238. The minimum Gasteiger partial charge on any atom is -0.491 e. The molecule has 2 aromatic rings. The molecule has 3 rings (SSSR count). The van der Waals surface area contributed by atoms with Gasteiger partial charge in [0.25, 0.3) is 5.91 Å². The molecule has 0 atom stereocenters. The first kappa shape index (κ1) is 20.4. The molecule has 1 amide bonds. The molecule has 1 aliphatic rings. The lowest BCUT2D eigenvalue weighted by molar-refractivity contribution is -0.115. The maximum Gasteiger partial charge on any atom is 0.263 e. The molecule has 2 aromatic carbocycles. The number of carbonyl (C=O) groups is 1. The number of benzene rings is 2. The topological polar surface area (TPSA) is 56.8 Å². The molecule has 7 heteroatoms. The first-order valence-corrected chi connectivity index (χ1v) is 10.1. The highest BCUT2D eigenvalue weighted by Crippen LogP contribution is 2.26. The van der Waals surface area contributed by atoms with Crippen molar-refractivity contribution >= 4 is 40.3 Å². The van der Waals surface area contributed by atoms with Gasteiger partial charge in [-0.1, -0.05) is 53.8 Å². The molecule has 5 nitrogen and oxygen atoms in total. The average molecular weight is 416 g/mol. The number of amides is 1. The van der Waals surface area contributed by atoms with E-state index in [-0.39, 0.29) is 5.91 Å². The molecule has 1 N–H and O–H groups in total. The Hall–Kier alpha value is -2.35. The van der Waals surface area contributed by atoms with Gasteiger partial charge in [-0.25, -0.2) is 0 Å². The molecular weight excluding hydrogens is 394 g/mol. The van der Waals surface area contributed by atoms with Gasteiger partial charge in [-0.3, -0.25) is 4.79 Å². The van der Waals surface area contributed by atoms with Crippen LogP contribution < -0.4 is 14.8 Å². The third kappa shape index (κ3) is 6.37. The lowest BCUT2D eigenvalue weighted by atomic mass is 10.2. The Morgan fingerprint density at radius 2 is 1.71 bits per heavy atom. The number of hydrogen-bond donors (Lipinski definition) is 1. The average Bonchev–Trinajstić information content (AvgIpc) is 2.99. The zero-order valence-electron chi connectivity index (χ0n) is 15.5. The van der Waals surface area contributed by atoms with Gasteiger partial charge in [-0.2, -0.15) is 0 Å². The predicted molar refractivity (Wildman–Crippen MR) is 116 cm³/mol. The van der Waals surface area contributed by atoms with Gasteiger partial charge in [-0.05, 0) is 42.8 Å². The summed E-state index contributed by atoms with van der Waals surface area (Å²) in [6.07, 6.45) is 1.80. The van der Waals surface area contributed by atoms with Crippen LogP contribution >= 0.6 is 24.0 Å². The lowest BCUT2D eigenvalue weighted by Crippen LogP contribution is -2.17. The number of aryl methyl sites for hydroxylation is 1. The monoisotopic (exact) mass is 415 g/mol. The molecule has 0 unspecified atom stereocenters. The Morgan fingerprint density at radius 1 is 1.00 bits per heavy atom. The van der Waals surface area contributed by atoms with Gasteiger partial charge in [0.1, 0.15) is 29.0 Å². The maximum atomic E-state index is 11.7. The van der Waals surface area contributed by atoms with Gasteiger partial charge in [0.2, 0.25) is 0 Å². The largest absolute Gasteiger partial charge is 0.491 e. The number of ether oxygens (including phenoxy) is 3. The van der Waals surface area contributed by atoms with Crippen molar-refractivity contribution in [1.29, 1.82) is 0 Å². The number of nitrogens with one attached hydrogen (secondary N) is 1.